The predicted octanol–water partition coefficient (Wildman–Crippen LogP) is 5.93. The molecular formula is C24H33F6NO5. The van der Waals surface area contributed by atoms with Gasteiger partial charge in [0.2, 0.25) is 0 Å². The molecule has 12 heteroatoms. The summed E-state index contributed by atoms with van der Waals surface area (Å²) in [6.07, 6.45) is -8.25. The van der Waals surface area contributed by atoms with Gasteiger partial charge in [-0.05, 0) is 37.0 Å². The van der Waals surface area contributed by atoms with Crippen LogP contribution in [0.3, 0.4) is 0 Å². The predicted molar refractivity (Wildman–Crippen MR) is 120 cm³/mol. The minimum absolute atomic E-state index is 0.0260. The molecule has 0 radical (unpaired) electrons. The van der Waals surface area contributed by atoms with Crippen LogP contribution in [-0.2, 0) is 16.0 Å². The molecule has 6 nitrogen and oxygen atoms in total. The second-order valence-corrected chi connectivity index (χ2v) is 8.48. The smallest absolute Gasteiger partial charge is 0.411 e. The summed E-state index contributed by atoms with van der Waals surface area (Å²) in [6, 6.07) is 3.99. The zero-order valence-electron chi connectivity index (χ0n) is 20.3. The Hall–Kier alpha value is -2.50. The van der Waals surface area contributed by atoms with Gasteiger partial charge in [-0.15, -0.1) is 0 Å². The van der Waals surface area contributed by atoms with Crippen molar-refractivity contribution in [1.29, 1.82) is 0 Å². The normalized spacial score (nSPS) is 13.8. The number of hydrogen-bond donors (Lipinski definition) is 2. The van der Waals surface area contributed by atoms with E-state index in [0.717, 1.165) is 19.3 Å². The Labute approximate surface area is 206 Å². The van der Waals surface area contributed by atoms with E-state index in [0.29, 0.717) is 6.42 Å². The molecule has 0 spiro atoms. The molecule has 1 aromatic carbocycles. The molecule has 2 N–H and O–H groups in total. The third-order valence-electron chi connectivity index (χ3n) is 5.54. The lowest BCUT2D eigenvalue weighted by Gasteiger charge is -2.20. The minimum atomic E-state index is -4.71. The van der Waals surface area contributed by atoms with Crippen molar-refractivity contribution < 1.29 is 50.5 Å². The third kappa shape index (κ3) is 12.0. The van der Waals surface area contributed by atoms with Crippen LogP contribution in [0.15, 0.2) is 18.2 Å². The lowest BCUT2D eigenvalue weighted by Crippen LogP contribution is -2.31. The van der Waals surface area contributed by atoms with Gasteiger partial charge in [-0.1, -0.05) is 38.7 Å². The van der Waals surface area contributed by atoms with Gasteiger partial charge >= 0.3 is 18.3 Å². The van der Waals surface area contributed by atoms with Crippen molar-refractivity contribution in [3.63, 3.8) is 0 Å². The van der Waals surface area contributed by atoms with Crippen molar-refractivity contribution >= 4 is 11.9 Å². The Morgan fingerprint density at radius 2 is 1.69 bits per heavy atom. The second kappa shape index (κ2) is 14.9. The van der Waals surface area contributed by atoms with Crippen molar-refractivity contribution in [2.75, 3.05) is 20.3 Å². The number of unbranched alkanes of at least 4 members (excludes halogenated alkanes) is 3. The summed E-state index contributed by atoms with van der Waals surface area (Å²) in [5.74, 6) is -3.60. The first-order chi connectivity index (χ1) is 16.8. The van der Waals surface area contributed by atoms with Gasteiger partial charge in [-0.3, -0.25) is 4.79 Å². The number of hydrogen-bond acceptors (Lipinski definition) is 4. The fourth-order valence-electron chi connectivity index (χ4n) is 3.62. The average molecular weight is 530 g/mol. The summed E-state index contributed by atoms with van der Waals surface area (Å²) in [6.45, 7) is 0.200. The van der Waals surface area contributed by atoms with Crippen LogP contribution in [0.1, 0.15) is 67.8 Å². The maximum absolute atomic E-state index is 13.3. The number of ether oxygens (including phenoxy) is 2. The molecule has 206 valence electrons. The highest BCUT2D eigenvalue weighted by molar-refractivity contribution is 5.97. The van der Waals surface area contributed by atoms with E-state index in [9.17, 15) is 35.9 Å². The van der Waals surface area contributed by atoms with E-state index in [1.807, 2.05) is 6.92 Å². The summed E-state index contributed by atoms with van der Waals surface area (Å²) in [5, 5.41) is 11.7. The number of carboxylic acids is 1. The summed E-state index contributed by atoms with van der Waals surface area (Å²) >= 11 is 0. The first-order valence-corrected chi connectivity index (χ1v) is 11.7. The second-order valence-electron chi connectivity index (χ2n) is 8.48. The highest BCUT2D eigenvalue weighted by atomic mass is 19.4. The van der Waals surface area contributed by atoms with Gasteiger partial charge in [-0.25, -0.2) is 4.79 Å². The molecule has 2 atom stereocenters. The molecular weight excluding hydrogens is 496 g/mol. The standard InChI is InChI=1S/C24H33F6NO5/c1-3-4-5-6-8-17(24(28,29)30)9-7-12-31-21(32)18-13-16(10-11-19(18)35-2)14-20(22(33)34)36-15-23(25,26)27/h10-11,13,17,20H,3-9,12,14-15H2,1-2H3,(H,31,32)(H,33,34). The van der Waals surface area contributed by atoms with E-state index in [1.165, 1.54) is 25.3 Å². The summed E-state index contributed by atoms with van der Waals surface area (Å²) in [5.41, 5.74) is 0.182. The lowest BCUT2D eigenvalue weighted by atomic mass is 9.95. The number of alkyl halides is 6. The highest BCUT2D eigenvalue weighted by Gasteiger charge is 2.38. The SMILES string of the molecule is CCCCCCC(CCCNC(=O)c1cc(CC(OCC(F)(F)F)C(=O)O)ccc1OC)C(F)(F)F. The number of carboxylic acid groups (broad SMARTS) is 1. The number of carbonyl (C=O) groups is 2. The van der Waals surface area contributed by atoms with Gasteiger partial charge in [0.1, 0.15) is 12.4 Å². The Morgan fingerprint density at radius 1 is 1.03 bits per heavy atom. The number of carbonyl (C=O) groups excluding carboxylic acids is 1. The van der Waals surface area contributed by atoms with Gasteiger partial charge in [0.25, 0.3) is 5.91 Å². The fourth-order valence-corrected chi connectivity index (χ4v) is 3.62. The molecule has 0 heterocycles. The quantitative estimate of drug-likeness (QED) is 0.205. The molecule has 0 aromatic heterocycles. The minimum Gasteiger partial charge on any atom is -0.496 e. The topological polar surface area (TPSA) is 84.9 Å². The molecule has 1 rings (SSSR count). The fraction of sp³-hybridized carbons (Fsp3) is 0.667. The van der Waals surface area contributed by atoms with Crippen LogP contribution in [0.4, 0.5) is 26.3 Å². The van der Waals surface area contributed by atoms with Crippen molar-refractivity contribution in [3.8, 4) is 5.75 Å². The van der Waals surface area contributed by atoms with Crippen molar-refractivity contribution in [1.82, 2.24) is 5.32 Å². The Bertz CT molecular complexity index is 828. The Kier molecular flexibility index (Phi) is 13.1. The van der Waals surface area contributed by atoms with E-state index >= 15 is 0 Å². The summed E-state index contributed by atoms with van der Waals surface area (Å²) in [4.78, 5) is 23.9. The largest absolute Gasteiger partial charge is 0.496 e. The van der Waals surface area contributed by atoms with Crippen LogP contribution in [0.2, 0.25) is 0 Å². The van der Waals surface area contributed by atoms with Gasteiger partial charge < -0.3 is 19.9 Å². The van der Waals surface area contributed by atoms with Crippen molar-refractivity contribution in [3.05, 3.63) is 29.3 Å². The van der Waals surface area contributed by atoms with E-state index in [2.05, 4.69) is 10.1 Å². The van der Waals surface area contributed by atoms with Crippen molar-refractivity contribution in [2.24, 2.45) is 5.92 Å². The number of methoxy groups -OCH3 is 1. The average Bonchev–Trinajstić information content (AvgIpc) is 2.78. The first kappa shape index (κ1) is 31.5. The van der Waals surface area contributed by atoms with Gasteiger partial charge in [-0.2, -0.15) is 26.3 Å². The monoisotopic (exact) mass is 529 g/mol. The zero-order valence-corrected chi connectivity index (χ0v) is 20.3. The molecule has 1 amide bonds. The van der Waals surface area contributed by atoms with Gasteiger partial charge in [0, 0.05) is 13.0 Å². The molecule has 0 bridgehead atoms. The van der Waals surface area contributed by atoms with Crippen LogP contribution < -0.4 is 10.1 Å². The first-order valence-electron chi connectivity index (χ1n) is 11.7. The number of benzene rings is 1. The Morgan fingerprint density at radius 3 is 2.25 bits per heavy atom. The Balaban J connectivity index is 2.76. The van der Waals surface area contributed by atoms with Gasteiger partial charge in [0.15, 0.2) is 6.10 Å². The summed E-state index contributed by atoms with van der Waals surface area (Å²) in [7, 11) is 1.28. The number of halogens is 6. The zero-order chi connectivity index (χ0) is 27.4. The highest BCUT2D eigenvalue weighted by Crippen LogP contribution is 2.34. The molecule has 0 saturated heterocycles. The van der Waals surface area contributed by atoms with Crippen LogP contribution in [0.5, 0.6) is 5.75 Å². The van der Waals surface area contributed by atoms with Crippen LogP contribution in [-0.4, -0.2) is 55.7 Å². The maximum atomic E-state index is 13.3. The number of nitrogens with one attached hydrogen (secondary N) is 1. The van der Waals surface area contributed by atoms with E-state index in [1.54, 1.807) is 0 Å². The lowest BCUT2D eigenvalue weighted by molar-refractivity contribution is -0.192. The number of aliphatic carboxylic acids is 1. The van der Waals surface area contributed by atoms with Gasteiger partial charge in [0.05, 0.1) is 18.6 Å². The van der Waals surface area contributed by atoms with E-state index < -0.39 is 49.3 Å². The third-order valence-corrected chi connectivity index (χ3v) is 5.54. The molecule has 0 aliphatic heterocycles. The molecule has 0 aliphatic carbocycles. The molecule has 0 fully saturated rings. The van der Waals surface area contributed by atoms with Crippen LogP contribution >= 0.6 is 0 Å². The molecule has 36 heavy (non-hydrogen) atoms. The molecule has 2 unspecified atom stereocenters. The van der Waals surface area contributed by atoms with Crippen LogP contribution in [0, 0.1) is 5.92 Å². The number of amides is 1. The molecule has 1 aromatic rings. The van der Waals surface area contributed by atoms with E-state index in [-0.39, 0.29) is 42.7 Å². The maximum Gasteiger partial charge on any atom is 0.411 e. The van der Waals surface area contributed by atoms with E-state index in [4.69, 9.17) is 9.84 Å². The summed E-state index contributed by atoms with van der Waals surface area (Å²) < 4.78 is 86.6. The molecule has 0 saturated carbocycles. The molecule has 0 aliphatic rings. The van der Waals surface area contributed by atoms with Crippen molar-refractivity contribution in [2.45, 2.75) is 76.7 Å². The number of rotatable bonds is 16. The van der Waals surface area contributed by atoms with Crippen LogP contribution in [0.25, 0.3) is 0 Å².